The van der Waals surface area contributed by atoms with Gasteiger partial charge in [0.2, 0.25) is 11.8 Å². The SMILES string of the molecule is COc1cc(C2=CCc3ccc(-c4c(F)cccc4F)cc32)nc(N[C@@H]2CCCN(C(=O)OC(C)(C)C)C2)n1. The minimum Gasteiger partial charge on any atom is -0.481 e. The zero-order chi connectivity index (χ0) is 27.7. The van der Waals surface area contributed by atoms with E-state index in [0.29, 0.717) is 42.6 Å². The zero-order valence-electron chi connectivity index (χ0n) is 22.6. The average Bonchev–Trinajstić information content (AvgIpc) is 3.31. The molecule has 0 spiro atoms. The number of allylic oxidation sites excluding steroid dienone is 1. The summed E-state index contributed by atoms with van der Waals surface area (Å²) in [7, 11) is 1.54. The molecule has 1 saturated heterocycles. The highest BCUT2D eigenvalue weighted by Crippen LogP contribution is 2.37. The number of amides is 1. The Hall–Kier alpha value is -4.01. The Labute approximate surface area is 226 Å². The van der Waals surface area contributed by atoms with Crippen LogP contribution in [0.3, 0.4) is 0 Å². The number of rotatable bonds is 5. The molecule has 0 radical (unpaired) electrons. The third-order valence-corrected chi connectivity index (χ3v) is 6.77. The second-order valence-electron chi connectivity index (χ2n) is 10.8. The Morgan fingerprint density at radius 1 is 1.10 bits per heavy atom. The second-order valence-corrected chi connectivity index (χ2v) is 10.8. The summed E-state index contributed by atoms with van der Waals surface area (Å²) in [5, 5.41) is 3.37. The van der Waals surface area contributed by atoms with Gasteiger partial charge in [-0.15, -0.1) is 0 Å². The van der Waals surface area contributed by atoms with Gasteiger partial charge in [0.15, 0.2) is 0 Å². The molecule has 1 amide bonds. The first-order valence-electron chi connectivity index (χ1n) is 13.1. The minimum absolute atomic E-state index is 0.0546. The Kier molecular flexibility index (Phi) is 7.25. The maximum Gasteiger partial charge on any atom is 0.410 e. The number of hydrogen-bond donors (Lipinski definition) is 1. The van der Waals surface area contributed by atoms with E-state index >= 15 is 0 Å². The molecule has 0 bridgehead atoms. The highest BCUT2D eigenvalue weighted by atomic mass is 19.1. The van der Waals surface area contributed by atoms with Crippen molar-refractivity contribution in [1.29, 1.82) is 0 Å². The minimum atomic E-state index is -0.610. The first-order chi connectivity index (χ1) is 18.6. The van der Waals surface area contributed by atoms with Crippen molar-refractivity contribution in [3.63, 3.8) is 0 Å². The lowest BCUT2D eigenvalue weighted by Crippen LogP contribution is -2.47. The van der Waals surface area contributed by atoms with Crippen molar-refractivity contribution < 1.29 is 23.0 Å². The van der Waals surface area contributed by atoms with Gasteiger partial charge < -0.3 is 19.7 Å². The van der Waals surface area contributed by atoms with Gasteiger partial charge in [-0.05, 0) is 74.9 Å². The van der Waals surface area contributed by atoms with E-state index in [2.05, 4.69) is 10.3 Å². The first kappa shape index (κ1) is 26.6. The van der Waals surface area contributed by atoms with Crippen molar-refractivity contribution >= 4 is 17.6 Å². The molecule has 2 heterocycles. The number of methoxy groups -OCH3 is 1. The van der Waals surface area contributed by atoms with E-state index in [9.17, 15) is 13.6 Å². The molecular weight excluding hydrogens is 502 g/mol. The van der Waals surface area contributed by atoms with Crippen molar-refractivity contribution in [2.45, 2.75) is 51.7 Å². The molecule has 1 atom stereocenters. The number of fused-ring (bicyclic) bond motifs is 1. The number of likely N-dealkylation sites (tertiary alicyclic amines) is 1. The van der Waals surface area contributed by atoms with Gasteiger partial charge in [-0.2, -0.15) is 4.98 Å². The number of hydrogen-bond acceptors (Lipinski definition) is 6. The van der Waals surface area contributed by atoms with Crippen molar-refractivity contribution in [3.8, 4) is 17.0 Å². The lowest BCUT2D eigenvalue weighted by Gasteiger charge is -2.34. The van der Waals surface area contributed by atoms with E-state index in [1.807, 2.05) is 32.9 Å². The summed E-state index contributed by atoms with van der Waals surface area (Å²) >= 11 is 0. The number of piperidine rings is 1. The van der Waals surface area contributed by atoms with Crippen LogP contribution in [0.15, 0.2) is 48.5 Å². The lowest BCUT2D eigenvalue weighted by atomic mass is 9.96. The molecule has 7 nitrogen and oxygen atoms in total. The van der Waals surface area contributed by atoms with Gasteiger partial charge in [0, 0.05) is 30.8 Å². The van der Waals surface area contributed by atoms with Gasteiger partial charge in [0.1, 0.15) is 17.2 Å². The molecule has 9 heteroatoms. The zero-order valence-corrected chi connectivity index (χ0v) is 22.6. The Morgan fingerprint density at radius 3 is 2.59 bits per heavy atom. The van der Waals surface area contributed by atoms with Crippen LogP contribution in [0.25, 0.3) is 16.7 Å². The molecule has 204 valence electrons. The van der Waals surface area contributed by atoms with E-state index < -0.39 is 17.2 Å². The van der Waals surface area contributed by atoms with Gasteiger partial charge in [-0.1, -0.05) is 24.3 Å². The standard InChI is InChI=1S/C30H32F2N4O3/c1-30(2,3)39-29(37)36-14-6-7-20(17-36)33-28-34-25(16-26(35-28)38-4)21-13-12-18-10-11-19(15-22(18)21)27-23(31)8-5-9-24(27)32/h5,8-11,13,15-16,20H,6-7,12,14,17H2,1-4H3,(H,33,34,35)/t20-/m1/s1. The number of anilines is 1. The Balaban J connectivity index is 1.40. The van der Waals surface area contributed by atoms with E-state index in [1.165, 1.54) is 25.3 Å². The van der Waals surface area contributed by atoms with Crippen LogP contribution in [0.2, 0.25) is 0 Å². The maximum atomic E-state index is 14.5. The summed E-state index contributed by atoms with van der Waals surface area (Å²) in [6.45, 7) is 6.64. The topological polar surface area (TPSA) is 76.6 Å². The van der Waals surface area contributed by atoms with Crippen molar-refractivity contribution in [2.24, 2.45) is 0 Å². The highest BCUT2D eigenvalue weighted by molar-refractivity contribution is 5.86. The Bertz CT molecular complexity index is 1410. The number of halogens is 2. The summed E-state index contributed by atoms with van der Waals surface area (Å²) in [6, 6.07) is 11.0. The van der Waals surface area contributed by atoms with Crippen LogP contribution >= 0.6 is 0 Å². The number of ether oxygens (including phenoxy) is 2. The fraction of sp³-hybridized carbons (Fsp3) is 0.367. The van der Waals surface area contributed by atoms with Crippen LogP contribution in [0, 0.1) is 11.6 Å². The smallest absolute Gasteiger partial charge is 0.410 e. The quantitative estimate of drug-likeness (QED) is 0.418. The number of aromatic nitrogens is 2. The van der Waals surface area contributed by atoms with Crippen LogP contribution in [-0.2, 0) is 11.2 Å². The van der Waals surface area contributed by atoms with E-state index in [-0.39, 0.29) is 17.7 Å². The average molecular weight is 535 g/mol. The molecule has 3 aromatic rings. The monoisotopic (exact) mass is 534 g/mol. The molecule has 1 N–H and O–H groups in total. The number of carbonyl (C=O) groups excluding carboxylic acids is 1. The number of carbonyl (C=O) groups is 1. The van der Waals surface area contributed by atoms with Crippen LogP contribution < -0.4 is 10.1 Å². The molecule has 1 fully saturated rings. The highest BCUT2D eigenvalue weighted by Gasteiger charge is 2.28. The molecule has 2 aromatic carbocycles. The van der Waals surface area contributed by atoms with Crippen molar-refractivity contribution in [2.75, 3.05) is 25.5 Å². The number of benzene rings is 2. The fourth-order valence-electron chi connectivity index (χ4n) is 5.00. The van der Waals surface area contributed by atoms with Crippen LogP contribution in [-0.4, -0.2) is 52.8 Å². The molecule has 1 aromatic heterocycles. The van der Waals surface area contributed by atoms with Crippen LogP contribution in [0.5, 0.6) is 5.88 Å². The van der Waals surface area contributed by atoms with Gasteiger partial charge >= 0.3 is 6.09 Å². The summed E-state index contributed by atoms with van der Waals surface area (Å²) in [5.41, 5.74) is 3.21. The third kappa shape index (κ3) is 5.87. The van der Waals surface area contributed by atoms with Crippen LogP contribution in [0.1, 0.15) is 50.4 Å². The molecule has 1 aliphatic carbocycles. The Morgan fingerprint density at radius 2 is 1.87 bits per heavy atom. The molecular formula is C30H32F2N4O3. The molecule has 1 aliphatic heterocycles. The fourth-order valence-corrected chi connectivity index (χ4v) is 5.00. The van der Waals surface area contributed by atoms with E-state index in [4.69, 9.17) is 14.5 Å². The normalized spacial score (nSPS) is 16.9. The molecule has 0 saturated carbocycles. The molecule has 0 unspecified atom stereocenters. The van der Waals surface area contributed by atoms with E-state index in [0.717, 1.165) is 29.5 Å². The molecule has 39 heavy (non-hydrogen) atoms. The van der Waals surface area contributed by atoms with Gasteiger partial charge in [0.05, 0.1) is 18.4 Å². The second kappa shape index (κ2) is 10.6. The predicted molar refractivity (Wildman–Crippen MR) is 146 cm³/mol. The number of nitrogens with one attached hydrogen (secondary N) is 1. The van der Waals surface area contributed by atoms with Gasteiger partial charge in [-0.3, -0.25) is 0 Å². The van der Waals surface area contributed by atoms with Crippen molar-refractivity contribution in [3.05, 3.63) is 77.0 Å². The van der Waals surface area contributed by atoms with Gasteiger partial charge in [0.25, 0.3) is 0 Å². The molecule has 2 aliphatic rings. The van der Waals surface area contributed by atoms with Crippen molar-refractivity contribution in [1.82, 2.24) is 14.9 Å². The van der Waals surface area contributed by atoms with Crippen LogP contribution in [0.4, 0.5) is 19.5 Å². The number of nitrogens with zero attached hydrogens (tertiary/aromatic N) is 3. The summed E-state index contributed by atoms with van der Waals surface area (Å²) < 4.78 is 40.0. The summed E-state index contributed by atoms with van der Waals surface area (Å²) in [5.74, 6) is -0.456. The lowest BCUT2D eigenvalue weighted by molar-refractivity contribution is 0.0206. The van der Waals surface area contributed by atoms with E-state index in [1.54, 1.807) is 23.1 Å². The maximum absolute atomic E-state index is 14.5. The first-order valence-corrected chi connectivity index (χ1v) is 13.1. The molecule has 5 rings (SSSR count). The summed E-state index contributed by atoms with van der Waals surface area (Å²) in [4.78, 5) is 23.6. The largest absolute Gasteiger partial charge is 0.481 e. The van der Waals surface area contributed by atoms with Gasteiger partial charge in [-0.25, -0.2) is 18.6 Å². The predicted octanol–water partition coefficient (Wildman–Crippen LogP) is 6.23. The third-order valence-electron chi connectivity index (χ3n) is 6.77. The summed E-state index contributed by atoms with van der Waals surface area (Å²) in [6.07, 6.45) is 4.05.